The van der Waals surface area contributed by atoms with E-state index in [-0.39, 0.29) is 37.1 Å². The standard InChI is InChI=1S/C12H14ClFN2O3S/c13-11-2-1-10(14)4-9(11)6-16-5-8(3-12(16)17)7-20(15,18)19/h1-2,4,8H,3,5-7H2,(H2,15,18,19). The Morgan fingerprint density at radius 3 is 2.80 bits per heavy atom. The summed E-state index contributed by atoms with van der Waals surface area (Å²) in [6, 6.07) is 3.93. The van der Waals surface area contributed by atoms with E-state index >= 15 is 0 Å². The molecule has 2 rings (SSSR count). The van der Waals surface area contributed by atoms with Crippen LogP contribution in [-0.2, 0) is 21.4 Å². The van der Waals surface area contributed by atoms with Gasteiger partial charge in [-0.1, -0.05) is 11.6 Å². The van der Waals surface area contributed by atoms with Gasteiger partial charge in [0.25, 0.3) is 0 Å². The number of nitrogens with zero attached hydrogens (tertiary/aromatic N) is 1. The van der Waals surface area contributed by atoms with Gasteiger partial charge in [-0.3, -0.25) is 4.79 Å². The first-order valence-corrected chi connectivity index (χ1v) is 8.06. The van der Waals surface area contributed by atoms with Gasteiger partial charge in [0.05, 0.1) is 5.75 Å². The lowest BCUT2D eigenvalue weighted by atomic mass is 10.1. The molecule has 0 bridgehead atoms. The molecular formula is C12H14ClFN2O3S. The van der Waals surface area contributed by atoms with Crippen molar-refractivity contribution < 1.29 is 17.6 Å². The van der Waals surface area contributed by atoms with Crippen LogP contribution in [0, 0.1) is 11.7 Å². The topological polar surface area (TPSA) is 80.5 Å². The number of nitrogens with two attached hydrogens (primary N) is 1. The molecule has 1 saturated heterocycles. The monoisotopic (exact) mass is 320 g/mol. The van der Waals surface area contributed by atoms with Crippen LogP contribution >= 0.6 is 11.6 Å². The fourth-order valence-electron chi connectivity index (χ4n) is 2.32. The average molecular weight is 321 g/mol. The number of sulfonamides is 1. The molecule has 1 heterocycles. The number of benzene rings is 1. The highest BCUT2D eigenvalue weighted by atomic mass is 35.5. The highest BCUT2D eigenvalue weighted by molar-refractivity contribution is 7.89. The molecule has 0 spiro atoms. The molecule has 1 amide bonds. The van der Waals surface area contributed by atoms with Gasteiger partial charge in [-0.25, -0.2) is 17.9 Å². The van der Waals surface area contributed by atoms with Crippen LogP contribution in [-0.4, -0.2) is 31.5 Å². The third-order valence-corrected chi connectivity index (χ3v) is 4.44. The smallest absolute Gasteiger partial charge is 0.223 e. The summed E-state index contributed by atoms with van der Waals surface area (Å²) in [5.41, 5.74) is 0.497. The Morgan fingerprint density at radius 2 is 2.15 bits per heavy atom. The van der Waals surface area contributed by atoms with Crippen molar-refractivity contribution in [1.29, 1.82) is 0 Å². The maximum absolute atomic E-state index is 13.2. The number of halogens is 2. The third-order valence-electron chi connectivity index (χ3n) is 3.13. The first kappa shape index (κ1) is 15.2. The van der Waals surface area contributed by atoms with E-state index in [9.17, 15) is 17.6 Å². The second-order valence-electron chi connectivity index (χ2n) is 4.91. The van der Waals surface area contributed by atoms with Crippen molar-refractivity contribution in [1.82, 2.24) is 4.90 Å². The summed E-state index contributed by atoms with van der Waals surface area (Å²) in [7, 11) is -3.61. The molecule has 1 unspecified atom stereocenters. The van der Waals surface area contributed by atoms with Gasteiger partial charge in [0.15, 0.2) is 0 Å². The van der Waals surface area contributed by atoms with Crippen LogP contribution in [0.3, 0.4) is 0 Å². The average Bonchev–Trinajstić information content (AvgIpc) is 2.62. The zero-order valence-electron chi connectivity index (χ0n) is 10.6. The summed E-state index contributed by atoms with van der Waals surface area (Å²) in [6.07, 6.45) is 0.128. The predicted molar refractivity (Wildman–Crippen MR) is 72.9 cm³/mol. The normalized spacial score (nSPS) is 19.6. The zero-order valence-corrected chi connectivity index (χ0v) is 12.1. The molecule has 1 fully saturated rings. The number of rotatable bonds is 4. The fourth-order valence-corrected chi connectivity index (χ4v) is 3.37. The Balaban J connectivity index is 2.07. The van der Waals surface area contributed by atoms with Crippen molar-refractivity contribution in [3.05, 3.63) is 34.6 Å². The predicted octanol–water partition coefficient (Wildman–Crippen LogP) is 1.12. The Bertz CT molecular complexity index is 636. The summed E-state index contributed by atoms with van der Waals surface area (Å²) in [6.45, 7) is 0.443. The molecular weight excluding hydrogens is 307 g/mol. The quantitative estimate of drug-likeness (QED) is 0.902. The van der Waals surface area contributed by atoms with E-state index in [4.69, 9.17) is 16.7 Å². The van der Waals surface area contributed by atoms with E-state index in [1.807, 2.05) is 0 Å². The van der Waals surface area contributed by atoms with Crippen molar-refractivity contribution in [3.8, 4) is 0 Å². The van der Waals surface area contributed by atoms with Gasteiger partial charge >= 0.3 is 0 Å². The number of hydrogen-bond acceptors (Lipinski definition) is 3. The van der Waals surface area contributed by atoms with Crippen LogP contribution in [0.15, 0.2) is 18.2 Å². The summed E-state index contributed by atoms with van der Waals surface area (Å²) in [5, 5.41) is 5.34. The third kappa shape index (κ3) is 3.91. The van der Waals surface area contributed by atoms with Crippen LogP contribution in [0.2, 0.25) is 5.02 Å². The lowest BCUT2D eigenvalue weighted by Gasteiger charge is -2.17. The summed E-state index contributed by atoms with van der Waals surface area (Å²) < 4.78 is 35.2. The number of amides is 1. The van der Waals surface area contributed by atoms with E-state index in [1.165, 1.54) is 23.1 Å². The minimum absolute atomic E-state index is 0.128. The number of carbonyl (C=O) groups is 1. The second kappa shape index (κ2) is 5.67. The maximum atomic E-state index is 13.2. The van der Waals surface area contributed by atoms with Crippen LogP contribution in [0.25, 0.3) is 0 Å². The van der Waals surface area contributed by atoms with Crippen molar-refractivity contribution in [3.63, 3.8) is 0 Å². The lowest BCUT2D eigenvalue weighted by molar-refractivity contribution is -0.128. The van der Waals surface area contributed by atoms with Gasteiger partial charge < -0.3 is 4.90 Å². The van der Waals surface area contributed by atoms with Crippen LogP contribution in [0.4, 0.5) is 4.39 Å². The highest BCUT2D eigenvalue weighted by Gasteiger charge is 2.32. The van der Waals surface area contributed by atoms with Gasteiger partial charge in [-0.05, 0) is 23.8 Å². The van der Waals surface area contributed by atoms with Crippen molar-refractivity contribution >= 4 is 27.5 Å². The second-order valence-corrected chi connectivity index (χ2v) is 6.98. The number of hydrogen-bond donors (Lipinski definition) is 1. The number of likely N-dealkylation sites (tertiary alicyclic amines) is 1. The van der Waals surface area contributed by atoms with Gasteiger partial charge in [-0.2, -0.15) is 0 Å². The van der Waals surface area contributed by atoms with Crippen LogP contribution in [0.1, 0.15) is 12.0 Å². The summed E-state index contributed by atoms with van der Waals surface area (Å²) in [4.78, 5) is 13.3. The maximum Gasteiger partial charge on any atom is 0.223 e. The number of primary sulfonamides is 1. The molecule has 8 heteroatoms. The Labute approximate surface area is 121 Å². The van der Waals surface area contributed by atoms with E-state index in [0.29, 0.717) is 10.6 Å². The molecule has 1 aromatic carbocycles. The Hall–Kier alpha value is -1.18. The molecule has 0 aliphatic carbocycles. The minimum atomic E-state index is -3.61. The molecule has 110 valence electrons. The fraction of sp³-hybridized carbons (Fsp3) is 0.417. The van der Waals surface area contributed by atoms with Crippen molar-refractivity contribution in [2.75, 3.05) is 12.3 Å². The molecule has 1 aromatic rings. The SMILES string of the molecule is NS(=O)(=O)CC1CC(=O)N(Cc2cc(F)ccc2Cl)C1. The summed E-state index contributed by atoms with van der Waals surface area (Å²) in [5.74, 6) is -1.17. The molecule has 1 aliphatic heterocycles. The van der Waals surface area contributed by atoms with Gasteiger partial charge in [0, 0.05) is 30.5 Å². The van der Waals surface area contributed by atoms with E-state index in [0.717, 1.165) is 0 Å². The van der Waals surface area contributed by atoms with E-state index in [2.05, 4.69) is 0 Å². The molecule has 5 nitrogen and oxygen atoms in total. The van der Waals surface area contributed by atoms with Crippen molar-refractivity contribution in [2.45, 2.75) is 13.0 Å². The molecule has 0 radical (unpaired) electrons. The zero-order chi connectivity index (χ0) is 14.9. The lowest BCUT2D eigenvalue weighted by Crippen LogP contribution is -2.27. The number of carbonyl (C=O) groups excluding carboxylic acids is 1. The van der Waals surface area contributed by atoms with Crippen molar-refractivity contribution in [2.24, 2.45) is 11.1 Å². The molecule has 2 N–H and O–H groups in total. The first-order chi connectivity index (χ1) is 9.24. The molecule has 20 heavy (non-hydrogen) atoms. The van der Waals surface area contributed by atoms with Gasteiger partial charge in [-0.15, -0.1) is 0 Å². The van der Waals surface area contributed by atoms with E-state index < -0.39 is 15.8 Å². The highest BCUT2D eigenvalue weighted by Crippen LogP contribution is 2.24. The van der Waals surface area contributed by atoms with Gasteiger partial charge in [0.1, 0.15) is 5.82 Å². The molecule has 1 aliphatic rings. The molecule has 1 atom stereocenters. The molecule has 0 saturated carbocycles. The minimum Gasteiger partial charge on any atom is -0.338 e. The van der Waals surface area contributed by atoms with Gasteiger partial charge in [0.2, 0.25) is 15.9 Å². The van der Waals surface area contributed by atoms with Crippen LogP contribution in [0.5, 0.6) is 0 Å². The summed E-state index contributed by atoms with van der Waals surface area (Å²) >= 11 is 5.94. The largest absolute Gasteiger partial charge is 0.338 e. The van der Waals surface area contributed by atoms with E-state index in [1.54, 1.807) is 0 Å². The van der Waals surface area contributed by atoms with Crippen LogP contribution < -0.4 is 5.14 Å². The Morgan fingerprint density at radius 1 is 1.45 bits per heavy atom. The Kier molecular flexibility index (Phi) is 4.31. The molecule has 0 aromatic heterocycles. The first-order valence-electron chi connectivity index (χ1n) is 5.97.